The van der Waals surface area contributed by atoms with Crippen LogP contribution < -0.4 is 4.72 Å². The van der Waals surface area contributed by atoms with E-state index in [1.54, 1.807) is 17.6 Å². The van der Waals surface area contributed by atoms with Crippen molar-refractivity contribution in [2.24, 2.45) is 0 Å². The van der Waals surface area contributed by atoms with E-state index >= 15 is 0 Å². The van der Waals surface area contributed by atoms with Crippen LogP contribution in [-0.4, -0.2) is 32.2 Å². The van der Waals surface area contributed by atoms with Crippen molar-refractivity contribution in [2.75, 3.05) is 17.6 Å². The topological polar surface area (TPSA) is 85.4 Å². The number of fused-ring (bicyclic) bond motifs is 1. The van der Waals surface area contributed by atoms with Crippen LogP contribution in [0.15, 0.2) is 17.6 Å². The monoisotopic (exact) mass is 348 g/mol. The predicted molar refractivity (Wildman–Crippen MR) is 83.3 cm³/mol. The van der Waals surface area contributed by atoms with Gasteiger partial charge in [0.2, 0.25) is 10.0 Å². The van der Waals surface area contributed by atoms with Crippen molar-refractivity contribution in [3.63, 3.8) is 0 Å². The average molecular weight is 349 g/mol. The van der Waals surface area contributed by atoms with Crippen molar-refractivity contribution in [3.05, 3.63) is 22.7 Å². The predicted octanol–water partition coefficient (Wildman–Crippen LogP) is 2.64. The molecule has 21 heavy (non-hydrogen) atoms. The lowest BCUT2D eigenvalue weighted by atomic mass is 10.3. The number of anilines is 1. The van der Waals surface area contributed by atoms with Crippen molar-refractivity contribution in [1.82, 2.24) is 4.98 Å². The van der Waals surface area contributed by atoms with Crippen LogP contribution in [0.4, 0.5) is 5.69 Å². The lowest BCUT2D eigenvalue weighted by Crippen LogP contribution is -2.18. The number of esters is 1. The smallest absolute Gasteiger partial charge is 0.305 e. The van der Waals surface area contributed by atoms with E-state index in [4.69, 9.17) is 11.6 Å². The van der Waals surface area contributed by atoms with Crippen molar-refractivity contribution in [2.45, 2.75) is 12.8 Å². The fourth-order valence-electron chi connectivity index (χ4n) is 1.72. The Morgan fingerprint density at radius 2 is 2.24 bits per heavy atom. The molecule has 0 fully saturated rings. The number of thiazole rings is 1. The van der Waals surface area contributed by atoms with E-state index in [9.17, 15) is 13.2 Å². The lowest BCUT2D eigenvalue weighted by molar-refractivity contribution is -0.140. The molecule has 0 spiro atoms. The zero-order chi connectivity index (χ0) is 15.5. The lowest BCUT2D eigenvalue weighted by Gasteiger charge is -2.10. The van der Waals surface area contributed by atoms with Gasteiger partial charge in [-0.05, 0) is 18.6 Å². The van der Waals surface area contributed by atoms with E-state index < -0.39 is 16.0 Å². The summed E-state index contributed by atoms with van der Waals surface area (Å²) in [6.45, 7) is 0. The molecule has 0 amide bonds. The minimum atomic E-state index is -3.61. The number of rotatable bonds is 6. The van der Waals surface area contributed by atoms with Crippen LogP contribution in [0.25, 0.3) is 10.2 Å². The second-order valence-electron chi connectivity index (χ2n) is 4.22. The summed E-state index contributed by atoms with van der Waals surface area (Å²) in [4.78, 5) is 15.1. The number of hydrogen-bond acceptors (Lipinski definition) is 6. The molecule has 0 radical (unpaired) electrons. The number of carbonyl (C=O) groups is 1. The van der Waals surface area contributed by atoms with E-state index in [0.29, 0.717) is 5.52 Å². The number of sulfonamides is 1. The highest BCUT2D eigenvalue weighted by atomic mass is 35.5. The molecule has 0 aliphatic heterocycles. The van der Waals surface area contributed by atoms with E-state index in [1.165, 1.54) is 18.4 Å². The van der Waals surface area contributed by atoms with Crippen LogP contribution in [0.5, 0.6) is 0 Å². The second-order valence-corrected chi connectivity index (χ2v) is 7.36. The van der Waals surface area contributed by atoms with Crippen LogP contribution >= 0.6 is 22.9 Å². The number of carbonyl (C=O) groups excluding carboxylic acids is 1. The summed E-state index contributed by atoms with van der Waals surface area (Å²) in [5.74, 6) is -0.635. The van der Waals surface area contributed by atoms with Gasteiger partial charge in [0.05, 0.1) is 33.8 Å². The first kappa shape index (κ1) is 16.0. The normalized spacial score (nSPS) is 11.5. The van der Waals surface area contributed by atoms with E-state index in [2.05, 4.69) is 14.4 Å². The fraction of sp³-hybridized carbons (Fsp3) is 0.333. The molecule has 0 saturated carbocycles. The Balaban J connectivity index is 2.13. The number of methoxy groups -OCH3 is 1. The minimum absolute atomic E-state index is 0.0477. The zero-order valence-electron chi connectivity index (χ0n) is 11.1. The van der Waals surface area contributed by atoms with Crippen LogP contribution in [0.2, 0.25) is 5.02 Å². The maximum absolute atomic E-state index is 12.0. The van der Waals surface area contributed by atoms with Crippen LogP contribution in [-0.2, 0) is 19.6 Å². The number of nitrogens with zero attached hydrogens (tertiary/aromatic N) is 1. The van der Waals surface area contributed by atoms with Crippen LogP contribution in [0.1, 0.15) is 12.8 Å². The van der Waals surface area contributed by atoms with Gasteiger partial charge in [0.1, 0.15) is 5.52 Å². The van der Waals surface area contributed by atoms with Gasteiger partial charge < -0.3 is 4.74 Å². The third-order valence-electron chi connectivity index (χ3n) is 2.73. The van der Waals surface area contributed by atoms with E-state index in [-0.39, 0.29) is 29.3 Å². The molecule has 1 aromatic heterocycles. The summed E-state index contributed by atoms with van der Waals surface area (Å²) in [7, 11) is -2.35. The Hall–Kier alpha value is -1.38. The van der Waals surface area contributed by atoms with Gasteiger partial charge in [0.25, 0.3) is 0 Å². The van der Waals surface area contributed by atoms with Gasteiger partial charge in [-0.1, -0.05) is 11.6 Å². The summed E-state index contributed by atoms with van der Waals surface area (Å²) in [6, 6.07) is 3.40. The SMILES string of the molecule is COC(=O)CCCS(=O)(=O)Nc1c(Cl)ccc2scnc12. The largest absolute Gasteiger partial charge is 0.469 e. The van der Waals surface area contributed by atoms with Gasteiger partial charge in [0.15, 0.2) is 0 Å². The van der Waals surface area contributed by atoms with Gasteiger partial charge in [0, 0.05) is 6.42 Å². The highest BCUT2D eigenvalue weighted by molar-refractivity contribution is 7.92. The molecule has 0 saturated heterocycles. The fourth-order valence-corrected chi connectivity index (χ4v) is 3.80. The molecule has 0 aliphatic carbocycles. The van der Waals surface area contributed by atoms with Crippen molar-refractivity contribution in [3.8, 4) is 0 Å². The molecule has 2 aromatic rings. The molecule has 0 atom stereocenters. The maximum atomic E-state index is 12.0. The summed E-state index contributed by atoms with van der Waals surface area (Å²) in [5, 5.41) is 0.282. The summed E-state index contributed by atoms with van der Waals surface area (Å²) in [6.07, 6.45) is 0.221. The second kappa shape index (κ2) is 6.59. The Bertz CT molecular complexity index is 758. The van der Waals surface area contributed by atoms with Crippen molar-refractivity contribution >= 4 is 54.8 Å². The highest BCUT2D eigenvalue weighted by Gasteiger charge is 2.17. The van der Waals surface area contributed by atoms with Gasteiger partial charge in [-0.2, -0.15) is 0 Å². The molecular weight excluding hydrogens is 336 g/mol. The number of halogens is 1. The van der Waals surface area contributed by atoms with Gasteiger partial charge >= 0.3 is 5.97 Å². The number of ether oxygens (including phenoxy) is 1. The summed E-state index contributed by atoms with van der Waals surface area (Å²) >= 11 is 7.43. The molecule has 6 nitrogen and oxygen atoms in total. The standard InChI is InChI=1S/C12H13ClN2O4S2/c1-19-10(16)3-2-6-21(17,18)15-11-8(13)4-5-9-12(11)14-7-20-9/h4-5,7,15H,2-3,6H2,1H3. The maximum Gasteiger partial charge on any atom is 0.305 e. The van der Waals surface area contributed by atoms with Crippen molar-refractivity contribution in [1.29, 1.82) is 0 Å². The first-order valence-corrected chi connectivity index (χ1v) is 8.93. The molecule has 1 heterocycles. The molecule has 0 unspecified atom stereocenters. The average Bonchev–Trinajstić information content (AvgIpc) is 2.90. The molecular formula is C12H13ClN2O4S2. The minimum Gasteiger partial charge on any atom is -0.469 e. The molecule has 0 aliphatic rings. The first-order valence-electron chi connectivity index (χ1n) is 6.02. The molecule has 0 bridgehead atoms. The number of aromatic nitrogens is 1. The number of nitrogens with one attached hydrogen (secondary N) is 1. The van der Waals surface area contributed by atoms with Gasteiger partial charge in [-0.25, -0.2) is 13.4 Å². The summed E-state index contributed by atoms with van der Waals surface area (Å²) in [5.41, 5.74) is 2.41. The zero-order valence-corrected chi connectivity index (χ0v) is 13.5. The third-order valence-corrected chi connectivity index (χ3v) is 5.18. The van der Waals surface area contributed by atoms with E-state index in [0.717, 1.165) is 4.70 Å². The Kier molecular flexibility index (Phi) is 5.02. The quantitative estimate of drug-likeness (QED) is 0.811. The third kappa shape index (κ3) is 4.05. The molecule has 114 valence electrons. The molecule has 9 heteroatoms. The Morgan fingerprint density at radius 1 is 1.48 bits per heavy atom. The highest BCUT2D eigenvalue weighted by Crippen LogP contribution is 2.32. The van der Waals surface area contributed by atoms with Crippen molar-refractivity contribution < 1.29 is 17.9 Å². The van der Waals surface area contributed by atoms with Gasteiger partial charge in [-0.3, -0.25) is 9.52 Å². The molecule has 1 aromatic carbocycles. The Labute approximate surface area is 131 Å². The Morgan fingerprint density at radius 3 is 2.95 bits per heavy atom. The van der Waals surface area contributed by atoms with Crippen LogP contribution in [0.3, 0.4) is 0 Å². The first-order chi connectivity index (χ1) is 9.93. The molecule has 1 N–H and O–H groups in total. The van der Waals surface area contributed by atoms with Gasteiger partial charge in [-0.15, -0.1) is 11.3 Å². The summed E-state index contributed by atoms with van der Waals surface area (Å²) < 4.78 is 31.8. The van der Waals surface area contributed by atoms with E-state index in [1.807, 2.05) is 0 Å². The molecule has 2 rings (SSSR count). The number of hydrogen-bond donors (Lipinski definition) is 1. The van der Waals surface area contributed by atoms with Crippen LogP contribution in [0, 0.1) is 0 Å². The number of benzene rings is 1.